The van der Waals surface area contributed by atoms with Gasteiger partial charge in [0.2, 0.25) is 0 Å². The molecule has 5 aromatic rings. The van der Waals surface area contributed by atoms with Crippen molar-refractivity contribution in [1.29, 1.82) is 0 Å². The molecule has 0 atom stereocenters. The second-order valence-electron chi connectivity index (χ2n) is 5.35. The van der Waals surface area contributed by atoms with E-state index in [2.05, 4.69) is 0 Å². The first-order valence-corrected chi connectivity index (χ1v) is 7.94. The number of hydrogen-bond acceptors (Lipinski definition) is 1. The molecule has 0 aliphatic heterocycles. The molecule has 0 bridgehead atoms. The van der Waals surface area contributed by atoms with Crippen LogP contribution in [0.25, 0.3) is 22.3 Å². The molecule has 0 N–H and O–H groups in total. The molecular weight excluding hydrogens is 404 g/mol. The third-order valence-corrected chi connectivity index (χ3v) is 3.66. The molecule has 0 saturated heterocycles. The van der Waals surface area contributed by atoms with Gasteiger partial charge in [-0.25, -0.2) is 24.3 Å². The molecule has 0 fully saturated rings. The minimum atomic E-state index is 0. The van der Waals surface area contributed by atoms with E-state index in [0.717, 1.165) is 22.3 Å². The first-order valence-electron chi connectivity index (χ1n) is 7.94. The molecule has 0 radical (unpaired) electrons. The van der Waals surface area contributed by atoms with E-state index in [4.69, 9.17) is 0 Å². The average Bonchev–Trinajstić information content (AvgIpc) is 3.36. The molecule has 5 aromatic carbocycles. The molecule has 26 heavy (non-hydrogen) atoms. The van der Waals surface area contributed by atoms with E-state index in [-0.39, 0.29) is 39.6 Å². The Bertz CT molecular complexity index is 789. The Hall–Kier alpha value is -2.15. The fourth-order valence-electron chi connectivity index (χ4n) is 2.44. The summed E-state index contributed by atoms with van der Waals surface area (Å²) in [6.07, 6.45) is 0. The molecule has 3 heteroatoms. The van der Waals surface area contributed by atoms with Crippen LogP contribution in [0.2, 0.25) is 0 Å². The maximum absolute atomic E-state index is 11.5. The van der Waals surface area contributed by atoms with Crippen molar-refractivity contribution in [2.45, 2.75) is 0 Å². The standard InChI is InChI=1S/C13H8O.2C5H5.2Fe/c14-13-11(9-5-1-2-6-9)12(13)10-7-3-4-8-10;2*1-2-4-5-3-1;;/h1-8H;2*1-5H;;/q-2;2*-1;;. The molecule has 0 aliphatic rings. The van der Waals surface area contributed by atoms with E-state index < -0.39 is 0 Å². The minimum Gasteiger partial charge on any atom is -0.354 e. The normalized spacial score (nSPS) is 9.08. The van der Waals surface area contributed by atoms with E-state index in [1.54, 1.807) is 0 Å². The van der Waals surface area contributed by atoms with Gasteiger partial charge < -0.3 is 4.79 Å². The minimum absolute atomic E-state index is 0. The summed E-state index contributed by atoms with van der Waals surface area (Å²) in [4.78, 5) is 11.5. The van der Waals surface area contributed by atoms with Crippen LogP contribution < -0.4 is 5.43 Å². The fraction of sp³-hybridized carbons (Fsp3) is 0. The van der Waals surface area contributed by atoms with E-state index in [1.807, 2.05) is 109 Å². The van der Waals surface area contributed by atoms with Crippen molar-refractivity contribution in [3.05, 3.63) is 119 Å². The van der Waals surface area contributed by atoms with Gasteiger partial charge in [-0.2, -0.15) is 60.7 Å². The topological polar surface area (TPSA) is 17.1 Å². The SMILES string of the molecule is O=c1c(-[c-]2cccc2)c1-[c-]1cccc1.[Fe].[Fe].c1cc[cH-]c1.c1cc[cH-]c1. The van der Waals surface area contributed by atoms with Crippen LogP contribution in [0.3, 0.4) is 0 Å². The Morgan fingerprint density at radius 3 is 1.08 bits per heavy atom. The first kappa shape index (κ1) is 21.9. The molecule has 136 valence electrons. The van der Waals surface area contributed by atoms with Gasteiger partial charge in [0.1, 0.15) is 0 Å². The van der Waals surface area contributed by atoms with E-state index in [0.29, 0.717) is 0 Å². The van der Waals surface area contributed by atoms with Crippen molar-refractivity contribution in [1.82, 2.24) is 0 Å². The summed E-state index contributed by atoms with van der Waals surface area (Å²) in [6.45, 7) is 0. The summed E-state index contributed by atoms with van der Waals surface area (Å²) in [5.41, 5.74) is 4.07. The summed E-state index contributed by atoms with van der Waals surface area (Å²) in [5.74, 6) is 0. The van der Waals surface area contributed by atoms with Crippen molar-refractivity contribution in [2.75, 3.05) is 0 Å². The summed E-state index contributed by atoms with van der Waals surface area (Å²) >= 11 is 0. The molecular formula is C23H18Fe2O-4. The van der Waals surface area contributed by atoms with E-state index in [9.17, 15) is 4.79 Å². The van der Waals surface area contributed by atoms with E-state index >= 15 is 0 Å². The Morgan fingerprint density at radius 1 is 0.538 bits per heavy atom. The van der Waals surface area contributed by atoms with Crippen LogP contribution in [-0.2, 0) is 34.1 Å². The summed E-state index contributed by atoms with van der Waals surface area (Å²) in [6, 6.07) is 35.7. The largest absolute Gasteiger partial charge is 0.354 e. The van der Waals surface area contributed by atoms with Gasteiger partial charge >= 0.3 is 0 Å². The maximum Gasteiger partial charge on any atom is 0.0474 e. The van der Waals surface area contributed by atoms with Crippen molar-refractivity contribution in [3.8, 4) is 22.3 Å². The molecule has 0 spiro atoms. The third kappa shape index (κ3) is 5.98. The van der Waals surface area contributed by atoms with Crippen molar-refractivity contribution >= 4 is 0 Å². The van der Waals surface area contributed by atoms with Gasteiger partial charge in [-0.05, 0) is 0 Å². The molecule has 0 aromatic heterocycles. The van der Waals surface area contributed by atoms with Crippen LogP contribution in [-0.4, -0.2) is 0 Å². The van der Waals surface area contributed by atoms with Crippen LogP contribution in [0.5, 0.6) is 0 Å². The zero-order chi connectivity index (χ0) is 16.6. The zero-order valence-electron chi connectivity index (χ0n) is 14.0. The maximum atomic E-state index is 11.5. The van der Waals surface area contributed by atoms with Crippen LogP contribution in [0, 0.1) is 0 Å². The van der Waals surface area contributed by atoms with Gasteiger partial charge in [-0.15, -0.1) is 46.5 Å². The van der Waals surface area contributed by atoms with Gasteiger partial charge in [-0.1, -0.05) is 0 Å². The molecule has 1 nitrogen and oxygen atoms in total. The van der Waals surface area contributed by atoms with Crippen LogP contribution >= 0.6 is 0 Å². The van der Waals surface area contributed by atoms with E-state index in [1.165, 1.54) is 0 Å². The van der Waals surface area contributed by atoms with Crippen molar-refractivity contribution in [3.63, 3.8) is 0 Å². The molecule has 5 rings (SSSR count). The number of hydrogen-bond donors (Lipinski definition) is 0. The van der Waals surface area contributed by atoms with Crippen molar-refractivity contribution in [2.24, 2.45) is 0 Å². The quantitative estimate of drug-likeness (QED) is 0.271. The smallest absolute Gasteiger partial charge is 0.0474 e. The van der Waals surface area contributed by atoms with Gasteiger partial charge in [0.05, 0.1) is 0 Å². The Morgan fingerprint density at radius 2 is 0.846 bits per heavy atom. The summed E-state index contributed by atoms with van der Waals surface area (Å²) in [5, 5.41) is 0. The molecule has 0 saturated carbocycles. The summed E-state index contributed by atoms with van der Waals surface area (Å²) in [7, 11) is 0. The van der Waals surface area contributed by atoms with Gasteiger partial charge in [-0.3, -0.25) is 0 Å². The average molecular weight is 422 g/mol. The zero-order valence-corrected chi connectivity index (χ0v) is 16.2. The van der Waals surface area contributed by atoms with Crippen LogP contribution in [0.15, 0.2) is 114 Å². The first-order chi connectivity index (χ1) is 11.9. The molecule has 0 heterocycles. The monoisotopic (exact) mass is 422 g/mol. The van der Waals surface area contributed by atoms with Crippen LogP contribution in [0.4, 0.5) is 0 Å². The Labute approximate surface area is 175 Å². The third-order valence-electron chi connectivity index (χ3n) is 3.66. The van der Waals surface area contributed by atoms with Gasteiger partial charge in [0.15, 0.2) is 0 Å². The second-order valence-corrected chi connectivity index (χ2v) is 5.35. The van der Waals surface area contributed by atoms with Gasteiger partial charge in [0, 0.05) is 39.6 Å². The predicted molar refractivity (Wildman–Crippen MR) is 101 cm³/mol. The molecule has 0 amide bonds. The molecule has 0 unspecified atom stereocenters. The Balaban J connectivity index is 0.000000235. The molecule has 0 aliphatic carbocycles. The predicted octanol–water partition coefficient (Wildman–Crippen LogP) is 5.50. The Kier molecular flexibility index (Phi) is 9.65. The van der Waals surface area contributed by atoms with Gasteiger partial charge in [0.25, 0.3) is 0 Å². The van der Waals surface area contributed by atoms with Crippen molar-refractivity contribution < 1.29 is 34.1 Å². The fourth-order valence-corrected chi connectivity index (χ4v) is 2.44. The summed E-state index contributed by atoms with van der Waals surface area (Å²) < 4.78 is 0. The number of rotatable bonds is 2. The second kappa shape index (κ2) is 11.5. The van der Waals surface area contributed by atoms with Crippen LogP contribution in [0.1, 0.15) is 0 Å².